The Bertz CT molecular complexity index is 863. The molecule has 6 heteroatoms. The van der Waals surface area contributed by atoms with Crippen molar-refractivity contribution in [2.45, 2.75) is 6.92 Å². The van der Waals surface area contributed by atoms with E-state index in [1.165, 1.54) is 6.21 Å². The first kappa shape index (κ1) is 13.9. The van der Waals surface area contributed by atoms with E-state index >= 15 is 0 Å². The van der Waals surface area contributed by atoms with E-state index in [2.05, 4.69) is 9.98 Å². The average Bonchev–Trinajstić information content (AvgIpc) is 2.74. The van der Waals surface area contributed by atoms with Crippen LogP contribution in [0.3, 0.4) is 0 Å². The lowest BCUT2D eigenvalue weighted by molar-refractivity contribution is 0.630. The molecule has 0 amide bonds. The molecule has 0 saturated carbocycles. The third-order valence-corrected chi connectivity index (χ3v) is 3.51. The van der Waals surface area contributed by atoms with Crippen LogP contribution in [0.5, 0.6) is 0 Å². The summed E-state index contributed by atoms with van der Waals surface area (Å²) in [7, 11) is 1.83. The molecule has 0 fully saturated rings. The van der Waals surface area contributed by atoms with E-state index in [0.717, 1.165) is 11.4 Å². The van der Waals surface area contributed by atoms with Crippen LogP contribution in [0.25, 0.3) is 5.69 Å². The normalized spacial score (nSPS) is 15.7. The molecule has 2 heterocycles. The molecule has 0 atom stereocenters. The summed E-state index contributed by atoms with van der Waals surface area (Å²) in [4.78, 5) is 20.9. The summed E-state index contributed by atoms with van der Waals surface area (Å²) in [5, 5.41) is 7.38. The van der Waals surface area contributed by atoms with E-state index < -0.39 is 0 Å². The lowest BCUT2D eigenvalue weighted by atomic mass is 10.3. The minimum absolute atomic E-state index is 0.172. The molecule has 1 aliphatic rings. The number of para-hydroxylation sites is 1. The third kappa shape index (κ3) is 2.35. The zero-order valence-electron chi connectivity index (χ0n) is 12.3. The maximum Gasteiger partial charge on any atom is 0.297 e. The van der Waals surface area contributed by atoms with E-state index in [-0.39, 0.29) is 11.4 Å². The van der Waals surface area contributed by atoms with E-state index in [1.54, 1.807) is 21.5 Å². The van der Waals surface area contributed by atoms with Gasteiger partial charge in [0.1, 0.15) is 5.84 Å². The molecule has 0 radical (unpaired) electrons. The fourth-order valence-corrected chi connectivity index (χ4v) is 2.26. The van der Waals surface area contributed by atoms with E-state index in [1.807, 2.05) is 44.3 Å². The van der Waals surface area contributed by atoms with Crippen LogP contribution in [-0.4, -0.2) is 27.1 Å². The van der Waals surface area contributed by atoms with E-state index in [0.29, 0.717) is 11.4 Å². The van der Waals surface area contributed by atoms with Crippen molar-refractivity contribution in [3.63, 3.8) is 0 Å². The number of rotatable bonds is 2. The van der Waals surface area contributed by atoms with Gasteiger partial charge >= 0.3 is 0 Å². The van der Waals surface area contributed by atoms with Gasteiger partial charge in [0.15, 0.2) is 5.69 Å². The first-order valence-corrected chi connectivity index (χ1v) is 6.81. The summed E-state index contributed by atoms with van der Waals surface area (Å²) >= 11 is 0. The van der Waals surface area contributed by atoms with Crippen molar-refractivity contribution in [3.8, 4) is 5.69 Å². The van der Waals surface area contributed by atoms with Crippen LogP contribution >= 0.6 is 0 Å². The number of benzene rings is 1. The van der Waals surface area contributed by atoms with Gasteiger partial charge in [-0.25, -0.2) is 14.7 Å². The summed E-state index contributed by atoms with van der Waals surface area (Å²) in [6.07, 6.45) is 4.71. The number of hydrogen-bond acceptors (Lipinski definition) is 3. The predicted octanol–water partition coefficient (Wildman–Crippen LogP) is 2.17. The van der Waals surface area contributed by atoms with Crippen LogP contribution in [0.15, 0.2) is 57.3 Å². The van der Waals surface area contributed by atoms with Crippen LogP contribution in [-0.2, 0) is 7.05 Å². The van der Waals surface area contributed by atoms with Crippen LogP contribution < -0.4 is 5.56 Å². The van der Waals surface area contributed by atoms with E-state index in [4.69, 9.17) is 5.41 Å². The first-order valence-electron chi connectivity index (χ1n) is 6.81. The zero-order chi connectivity index (χ0) is 15.7. The molecule has 110 valence electrons. The number of amidine groups is 1. The Morgan fingerprint density at radius 3 is 2.55 bits per heavy atom. The lowest BCUT2D eigenvalue weighted by Crippen LogP contribution is -2.19. The number of aromatic nitrogens is 2. The minimum Gasteiger partial charge on any atom is -0.283 e. The Morgan fingerprint density at radius 1 is 1.18 bits per heavy atom. The van der Waals surface area contributed by atoms with Crippen molar-refractivity contribution in [1.82, 2.24) is 9.36 Å². The molecule has 0 spiro atoms. The largest absolute Gasteiger partial charge is 0.297 e. The molecule has 1 aliphatic heterocycles. The minimum atomic E-state index is -0.179. The van der Waals surface area contributed by atoms with Crippen LogP contribution in [0.2, 0.25) is 0 Å². The number of nitrogens with one attached hydrogen (secondary N) is 1. The lowest BCUT2D eigenvalue weighted by Gasteiger charge is -2.07. The smallest absolute Gasteiger partial charge is 0.283 e. The van der Waals surface area contributed by atoms with Crippen molar-refractivity contribution >= 4 is 23.4 Å². The standard InChI is InChI=1S/C16H15N5O/c1-11-15(19-12-8-9-14(17)18-10-12)16(22)21(20(11)2)13-6-4-3-5-7-13/h3-10,17H,1-2H3/b17-14?,19-12-. The molecular weight excluding hydrogens is 278 g/mol. The molecule has 0 bridgehead atoms. The Hall–Kier alpha value is -3.02. The van der Waals surface area contributed by atoms with Gasteiger partial charge in [-0.15, -0.1) is 0 Å². The fraction of sp³-hybridized carbons (Fsp3) is 0.125. The molecule has 1 N–H and O–H groups in total. The van der Waals surface area contributed by atoms with Gasteiger partial charge < -0.3 is 0 Å². The molecule has 1 aromatic heterocycles. The van der Waals surface area contributed by atoms with Crippen molar-refractivity contribution < 1.29 is 0 Å². The van der Waals surface area contributed by atoms with Gasteiger partial charge in [-0.2, -0.15) is 0 Å². The van der Waals surface area contributed by atoms with Gasteiger partial charge in [0, 0.05) is 7.05 Å². The number of aliphatic imine (C=N–C) groups is 2. The van der Waals surface area contributed by atoms with Crippen molar-refractivity contribution in [1.29, 1.82) is 5.41 Å². The molecule has 22 heavy (non-hydrogen) atoms. The summed E-state index contributed by atoms with van der Waals surface area (Å²) < 4.78 is 3.36. The third-order valence-electron chi connectivity index (χ3n) is 3.51. The summed E-state index contributed by atoms with van der Waals surface area (Å²) in [5.41, 5.74) is 2.32. The van der Waals surface area contributed by atoms with Crippen LogP contribution in [0, 0.1) is 12.3 Å². The average molecular weight is 293 g/mol. The number of dihydropyridines is 1. The Balaban J connectivity index is 2.14. The molecule has 0 saturated heterocycles. The molecule has 0 aliphatic carbocycles. The van der Waals surface area contributed by atoms with Crippen LogP contribution in [0.1, 0.15) is 5.69 Å². The first-order chi connectivity index (χ1) is 10.6. The highest BCUT2D eigenvalue weighted by Gasteiger charge is 2.16. The second-order valence-corrected chi connectivity index (χ2v) is 4.92. The molecule has 6 nitrogen and oxygen atoms in total. The number of hydrogen-bond donors (Lipinski definition) is 1. The SMILES string of the molecule is Cc1c(/N=C2/C=CC(=N)N=C2)c(=O)n(-c2ccccc2)n1C. The number of allylic oxidation sites excluding steroid dienone is 1. The fourth-order valence-electron chi connectivity index (χ4n) is 2.26. The van der Waals surface area contributed by atoms with E-state index in [9.17, 15) is 4.79 Å². The summed E-state index contributed by atoms with van der Waals surface area (Å²) in [5.74, 6) is 0.172. The molecule has 3 rings (SSSR count). The highest BCUT2D eigenvalue weighted by molar-refractivity contribution is 6.40. The molecule has 2 aromatic rings. The topological polar surface area (TPSA) is 75.5 Å². The summed E-state index contributed by atoms with van der Waals surface area (Å²) in [6.45, 7) is 1.85. The number of nitrogens with zero attached hydrogens (tertiary/aromatic N) is 4. The van der Waals surface area contributed by atoms with Gasteiger partial charge in [-0.1, -0.05) is 18.2 Å². The Morgan fingerprint density at radius 2 is 1.91 bits per heavy atom. The van der Waals surface area contributed by atoms with Gasteiger partial charge in [-0.05, 0) is 31.2 Å². The second-order valence-electron chi connectivity index (χ2n) is 4.92. The highest BCUT2D eigenvalue weighted by Crippen LogP contribution is 2.17. The highest BCUT2D eigenvalue weighted by atomic mass is 16.1. The molecule has 0 unspecified atom stereocenters. The van der Waals surface area contributed by atoms with Crippen molar-refractivity contribution in [3.05, 3.63) is 58.5 Å². The van der Waals surface area contributed by atoms with Gasteiger partial charge in [-0.3, -0.25) is 14.9 Å². The molecular formula is C16H15N5O. The van der Waals surface area contributed by atoms with Gasteiger partial charge in [0.2, 0.25) is 0 Å². The van der Waals surface area contributed by atoms with Gasteiger partial charge in [0.25, 0.3) is 5.56 Å². The predicted molar refractivity (Wildman–Crippen MR) is 88.2 cm³/mol. The second kappa shape index (κ2) is 5.40. The maximum absolute atomic E-state index is 12.7. The molecule has 1 aromatic carbocycles. The Kier molecular flexibility index (Phi) is 3.42. The zero-order valence-corrected chi connectivity index (χ0v) is 12.3. The monoisotopic (exact) mass is 293 g/mol. The van der Waals surface area contributed by atoms with Crippen molar-refractivity contribution in [2.24, 2.45) is 17.0 Å². The van der Waals surface area contributed by atoms with Crippen molar-refractivity contribution in [2.75, 3.05) is 0 Å². The van der Waals surface area contributed by atoms with Gasteiger partial charge in [0.05, 0.1) is 23.3 Å². The Labute approximate surface area is 127 Å². The summed E-state index contributed by atoms with van der Waals surface area (Å²) in [6, 6.07) is 9.43. The van der Waals surface area contributed by atoms with Crippen LogP contribution in [0.4, 0.5) is 5.69 Å². The maximum atomic E-state index is 12.7. The quantitative estimate of drug-likeness (QED) is 0.905.